The van der Waals surface area contributed by atoms with Gasteiger partial charge in [-0.25, -0.2) is 8.42 Å². The van der Waals surface area contributed by atoms with Crippen LogP contribution in [0.15, 0.2) is 23.1 Å². The summed E-state index contributed by atoms with van der Waals surface area (Å²) in [6.07, 6.45) is 4.99. The quantitative estimate of drug-likeness (QED) is 0.910. The van der Waals surface area contributed by atoms with Crippen LogP contribution in [0.2, 0.25) is 0 Å². The molecule has 1 saturated carbocycles. The fourth-order valence-corrected chi connectivity index (χ4v) is 6.16. The van der Waals surface area contributed by atoms with E-state index in [1.807, 2.05) is 6.07 Å². The fourth-order valence-electron chi connectivity index (χ4n) is 4.22. The van der Waals surface area contributed by atoms with Crippen LogP contribution in [0.5, 0.6) is 0 Å². The second-order valence-corrected chi connectivity index (χ2v) is 8.79. The number of benzene rings is 1. The molecule has 3 rings (SSSR count). The number of rotatable bonds is 3. The maximum atomic E-state index is 13.2. The van der Waals surface area contributed by atoms with Gasteiger partial charge in [-0.2, -0.15) is 9.57 Å². The molecule has 1 aliphatic carbocycles. The van der Waals surface area contributed by atoms with Crippen LogP contribution in [-0.2, 0) is 10.0 Å². The van der Waals surface area contributed by atoms with Crippen molar-refractivity contribution in [2.45, 2.75) is 62.5 Å². The van der Waals surface area contributed by atoms with Crippen LogP contribution in [0.1, 0.15) is 49.7 Å². The lowest BCUT2D eigenvalue weighted by Gasteiger charge is -2.36. The van der Waals surface area contributed by atoms with Crippen LogP contribution in [0, 0.1) is 24.2 Å². The summed E-state index contributed by atoms with van der Waals surface area (Å²) in [7, 11) is -3.60. The summed E-state index contributed by atoms with van der Waals surface area (Å²) < 4.78 is 27.9. The maximum absolute atomic E-state index is 13.2. The molecule has 24 heavy (non-hydrogen) atoms. The minimum atomic E-state index is -3.60. The van der Waals surface area contributed by atoms with Crippen LogP contribution < -0.4 is 0 Å². The van der Waals surface area contributed by atoms with Gasteiger partial charge >= 0.3 is 0 Å². The molecule has 2 aliphatic rings. The van der Waals surface area contributed by atoms with E-state index in [4.69, 9.17) is 5.26 Å². The minimum Gasteiger partial charge on any atom is -0.393 e. The zero-order valence-electron chi connectivity index (χ0n) is 14.0. The molecule has 2 fully saturated rings. The van der Waals surface area contributed by atoms with Gasteiger partial charge in [-0.1, -0.05) is 12.8 Å². The van der Waals surface area contributed by atoms with Crippen molar-refractivity contribution in [1.82, 2.24) is 4.31 Å². The van der Waals surface area contributed by atoms with Crippen molar-refractivity contribution in [3.05, 3.63) is 29.3 Å². The fraction of sp³-hybridized carbons (Fsp3) is 0.611. The molecule has 130 valence electrons. The Kier molecular flexibility index (Phi) is 4.95. The molecular formula is C18H24N2O3S. The van der Waals surface area contributed by atoms with Crippen LogP contribution in [0.3, 0.4) is 0 Å². The Morgan fingerprint density at radius 3 is 2.62 bits per heavy atom. The molecule has 1 aliphatic heterocycles. The van der Waals surface area contributed by atoms with Gasteiger partial charge in [-0.15, -0.1) is 0 Å². The first kappa shape index (κ1) is 17.4. The summed E-state index contributed by atoms with van der Waals surface area (Å²) in [5.41, 5.74) is 1.07. The number of aliphatic hydroxyl groups excluding tert-OH is 1. The molecular weight excluding hydrogens is 324 g/mol. The van der Waals surface area contributed by atoms with E-state index in [2.05, 4.69) is 0 Å². The number of nitrogens with zero attached hydrogens (tertiary/aromatic N) is 2. The average Bonchev–Trinajstić information content (AvgIpc) is 3.05. The third kappa shape index (κ3) is 3.08. The van der Waals surface area contributed by atoms with Crippen molar-refractivity contribution in [2.24, 2.45) is 5.92 Å². The predicted octanol–water partition coefficient (Wildman–Crippen LogP) is 2.57. The molecule has 1 saturated heterocycles. The highest BCUT2D eigenvalue weighted by molar-refractivity contribution is 7.89. The van der Waals surface area contributed by atoms with E-state index < -0.39 is 16.1 Å². The summed E-state index contributed by atoms with van der Waals surface area (Å²) in [6, 6.07) is 6.64. The molecule has 0 aromatic heterocycles. The number of aryl methyl sites for hydroxylation is 1. The van der Waals surface area contributed by atoms with Gasteiger partial charge in [0.15, 0.2) is 0 Å². The van der Waals surface area contributed by atoms with Gasteiger partial charge in [-0.3, -0.25) is 0 Å². The maximum Gasteiger partial charge on any atom is 0.243 e. The van der Waals surface area contributed by atoms with Crippen molar-refractivity contribution in [3.8, 4) is 6.07 Å². The number of nitriles is 1. The minimum absolute atomic E-state index is 0.0368. The first-order valence-corrected chi connectivity index (χ1v) is 10.1. The number of hydrogen-bond acceptors (Lipinski definition) is 4. The SMILES string of the molecule is Cc1cc(C#N)ccc1S(=O)(=O)N1CCC[C@@H]1[C@@H]1CCCC[C@H]1O. The Bertz CT molecular complexity index is 754. The highest BCUT2D eigenvalue weighted by Gasteiger charge is 2.42. The Balaban J connectivity index is 1.92. The molecule has 1 aromatic carbocycles. The number of hydrogen-bond donors (Lipinski definition) is 1. The Labute approximate surface area is 144 Å². The van der Waals surface area contributed by atoms with Gasteiger partial charge in [0.05, 0.1) is 22.6 Å². The summed E-state index contributed by atoms with van der Waals surface area (Å²) >= 11 is 0. The third-order valence-electron chi connectivity index (χ3n) is 5.41. The van der Waals surface area contributed by atoms with Gasteiger partial charge in [0.25, 0.3) is 0 Å². The van der Waals surface area contributed by atoms with Crippen molar-refractivity contribution in [1.29, 1.82) is 5.26 Å². The molecule has 0 radical (unpaired) electrons. The van der Waals surface area contributed by atoms with E-state index >= 15 is 0 Å². The molecule has 0 unspecified atom stereocenters. The summed E-state index contributed by atoms with van der Waals surface area (Å²) in [5.74, 6) is 0.0368. The highest BCUT2D eigenvalue weighted by atomic mass is 32.2. The van der Waals surface area contributed by atoms with Crippen LogP contribution >= 0.6 is 0 Å². The smallest absolute Gasteiger partial charge is 0.243 e. The lowest BCUT2D eigenvalue weighted by molar-refractivity contribution is 0.0386. The normalized spacial score (nSPS) is 28.6. The largest absolute Gasteiger partial charge is 0.393 e. The number of aliphatic hydroxyl groups is 1. The molecule has 0 amide bonds. The lowest BCUT2D eigenvalue weighted by atomic mass is 9.81. The Morgan fingerprint density at radius 2 is 1.96 bits per heavy atom. The van der Waals surface area contributed by atoms with Crippen molar-refractivity contribution >= 4 is 10.0 Å². The highest BCUT2D eigenvalue weighted by Crippen LogP contribution is 2.37. The molecule has 5 nitrogen and oxygen atoms in total. The first-order chi connectivity index (χ1) is 11.4. The molecule has 3 atom stereocenters. The van der Waals surface area contributed by atoms with E-state index in [1.165, 1.54) is 6.07 Å². The predicted molar refractivity (Wildman–Crippen MR) is 90.8 cm³/mol. The standard InChI is InChI=1S/C18H24N2O3S/c1-13-11-14(12-19)8-9-18(13)24(22,23)20-10-4-6-16(20)15-5-2-3-7-17(15)21/h8-9,11,15-17,21H,2-7,10H2,1H3/t15-,16+,17+/m0/s1. The van der Waals surface area contributed by atoms with Gasteiger partial charge < -0.3 is 5.11 Å². The van der Waals surface area contributed by atoms with Crippen LogP contribution in [0.4, 0.5) is 0 Å². The first-order valence-electron chi connectivity index (χ1n) is 8.66. The van der Waals surface area contributed by atoms with E-state index in [-0.39, 0.29) is 16.9 Å². The molecule has 1 N–H and O–H groups in total. The third-order valence-corrected chi connectivity index (χ3v) is 7.50. The van der Waals surface area contributed by atoms with E-state index in [0.717, 1.165) is 38.5 Å². The van der Waals surface area contributed by atoms with E-state index in [0.29, 0.717) is 17.7 Å². The summed E-state index contributed by atoms with van der Waals surface area (Å²) in [6.45, 7) is 2.24. The molecule has 0 bridgehead atoms. The number of sulfonamides is 1. The Morgan fingerprint density at radius 1 is 1.21 bits per heavy atom. The topological polar surface area (TPSA) is 81.4 Å². The zero-order chi connectivity index (χ0) is 17.3. The second kappa shape index (κ2) is 6.83. The summed E-state index contributed by atoms with van der Waals surface area (Å²) in [5, 5.41) is 19.3. The lowest BCUT2D eigenvalue weighted by Crippen LogP contribution is -2.45. The van der Waals surface area contributed by atoms with Crippen LogP contribution in [-0.4, -0.2) is 36.5 Å². The molecule has 1 aromatic rings. The van der Waals surface area contributed by atoms with Gasteiger partial charge in [0.2, 0.25) is 10.0 Å². The Hall–Kier alpha value is -1.42. The monoisotopic (exact) mass is 348 g/mol. The molecule has 0 spiro atoms. The molecule has 6 heteroatoms. The van der Waals surface area contributed by atoms with Crippen molar-refractivity contribution in [3.63, 3.8) is 0 Å². The second-order valence-electron chi connectivity index (χ2n) is 6.93. The van der Waals surface area contributed by atoms with Crippen molar-refractivity contribution in [2.75, 3.05) is 6.54 Å². The van der Waals surface area contributed by atoms with Crippen molar-refractivity contribution < 1.29 is 13.5 Å². The van der Waals surface area contributed by atoms with Crippen LogP contribution in [0.25, 0.3) is 0 Å². The van der Waals surface area contributed by atoms with Gasteiger partial charge in [-0.05, 0) is 56.4 Å². The van der Waals surface area contributed by atoms with Gasteiger partial charge in [0.1, 0.15) is 0 Å². The summed E-state index contributed by atoms with van der Waals surface area (Å²) in [4.78, 5) is 0.277. The average molecular weight is 348 g/mol. The van der Waals surface area contributed by atoms with Gasteiger partial charge in [0, 0.05) is 18.5 Å². The van der Waals surface area contributed by atoms with E-state index in [9.17, 15) is 13.5 Å². The molecule has 1 heterocycles. The zero-order valence-corrected chi connectivity index (χ0v) is 14.8. The van der Waals surface area contributed by atoms with E-state index in [1.54, 1.807) is 23.4 Å².